The molecule has 0 bridgehead atoms. The maximum Gasteiger partial charge on any atom is 0.243 e. The molecule has 0 aromatic heterocycles. The summed E-state index contributed by atoms with van der Waals surface area (Å²) in [7, 11) is -3.51. The molecular formula is C19H30ClN3O3S. The summed E-state index contributed by atoms with van der Waals surface area (Å²) in [6, 6.07) is 5.50. The summed E-state index contributed by atoms with van der Waals surface area (Å²) in [6.45, 7) is 5.86. The van der Waals surface area contributed by atoms with Crippen LogP contribution in [0.2, 0.25) is 0 Å². The smallest absolute Gasteiger partial charge is 0.243 e. The van der Waals surface area contributed by atoms with Crippen molar-refractivity contribution in [3.05, 3.63) is 23.8 Å². The Bertz CT molecular complexity index is 763. The summed E-state index contributed by atoms with van der Waals surface area (Å²) in [5, 5.41) is 6.26. The molecule has 0 aliphatic carbocycles. The van der Waals surface area contributed by atoms with Gasteiger partial charge in [0.2, 0.25) is 15.9 Å². The molecule has 2 atom stereocenters. The molecule has 0 radical (unpaired) electrons. The van der Waals surface area contributed by atoms with Crippen molar-refractivity contribution in [3.8, 4) is 0 Å². The van der Waals surface area contributed by atoms with Crippen molar-refractivity contribution in [1.82, 2.24) is 9.62 Å². The number of carbonyl (C=O) groups is 1. The van der Waals surface area contributed by atoms with Gasteiger partial charge in [-0.2, -0.15) is 4.31 Å². The molecule has 0 spiro atoms. The standard InChI is InChI=1S/C19H29N3O3S.ClH/c1-14-6-7-17(21-19(23)16-8-9-20-15(2)12-16)13-18(14)26(24,25)22-10-4-3-5-11-22;/h6-7,13,15-16,20H,3-5,8-12H2,1-2H3,(H,21,23);1H/t15-,16-;/m0./s1. The quantitative estimate of drug-likeness (QED) is 0.792. The zero-order chi connectivity index (χ0) is 18.7. The number of amides is 1. The molecule has 3 rings (SSSR count). The van der Waals surface area contributed by atoms with Crippen LogP contribution >= 0.6 is 12.4 Å². The summed E-state index contributed by atoms with van der Waals surface area (Å²) in [4.78, 5) is 12.9. The first kappa shape index (κ1) is 22.1. The molecule has 2 aliphatic rings. The van der Waals surface area contributed by atoms with Crippen molar-refractivity contribution >= 4 is 34.0 Å². The number of rotatable bonds is 4. The van der Waals surface area contributed by atoms with Crippen LogP contribution in [-0.4, -0.2) is 44.3 Å². The van der Waals surface area contributed by atoms with Gasteiger partial charge in [0.05, 0.1) is 4.90 Å². The zero-order valence-electron chi connectivity index (χ0n) is 16.0. The van der Waals surface area contributed by atoms with Crippen molar-refractivity contribution in [3.63, 3.8) is 0 Å². The van der Waals surface area contributed by atoms with Gasteiger partial charge in [-0.15, -0.1) is 12.4 Å². The van der Waals surface area contributed by atoms with Gasteiger partial charge >= 0.3 is 0 Å². The Kier molecular flexibility index (Phi) is 7.68. The normalized spacial score (nSPS) is 24.1. The van der Waals surface area contributed by atoms with E-state index < -0.39 is 10.0 Å². The van der Waals surface area contributed by atoms with E-state index in [0.717, 1.165) is 38.6 Å². The van der Waals surface area contributed by atoms with Gasteiger partial charge in [-0.3, -0.25) is 4.79 Å². The number of hydrogen-bond acceptors (Lipinski definition) is 4. The highest BCUT2D eigenvalue weighted by Crippen LogP contribution is 2.27. The number of halogens is 1. The maximum absolute atomic E-state index is 13.0. The Morgan fingerprint density at radius 2 is 1.93 bits per heavy atom. The summed E-state index contributed by atoms with van der Waals surface area (Å²) in [6.07, 6.45) is 4.50. The predicted molar refractivity (Wildman–Crippen MR) is 110 cm³/mol. The lowest BCUT2D eigenvalue weighted by Crippen LogP contribution is -2.40. The van der Waals surface area contributed by atoms with E-state index in [9.17, 15) is 13.2 Å². The van der Waals surface area contributed by atoms with Crippen LogP contribution < -0.4 is 10.6 Å². The molecule has 6 nitrogen and oxygen atoms in total. The van der Waals surface area contributed by atoms with E-state index in [0.29, 0.717) is 35.3 Å². The topological polar surface area (TPSA) is 78.5 Å². The first-order chi connectivity index (χ1) is 12.4. The molecule has 2 fully saturated rings. The average molecular weight is 416 g/mol. The predicted octanol–water partition coefficient (Wildman–Crippen LogP) is 2.92. The molecule has 0 saturated carbocycles. The molecule has 27 heavy (non-hydrogen) atoms. The summed E-state index contributed by atoms with van der Waals surface area (Å²) in [5.41, 5.74) is 1.27. The molecule has 1 amide bonds. The number of anilines is 1. The van der Waals surface area contributed by atoms with Gasteiger partial charge in [0.25, 0.3) is 0 Å². The van der Waals surface area contributed by atoms with E-state index in [4.69, 9.17) is 0 Å². The fourth-order valence-electron chi connectivity index (χ4n) is 3.81. The molecule has 2 saturated heterocycles. The highest BCUT2D eigenvalue weighted by atomic mass is 35.5. The first-order valence-corrected chi connectivity index (χ1v) is 11.0. The van der Waals surface area contributed by atoms with Crippen molar-refractivity contribution in [2.24, 2.45) is 5.92 Å². The maximum atomic E-state index is 13.0. The molecule has 2 aliphatic heterocycles. The number of sulfonamides is 1. The van der Waals surface area contributed by atoms with Crippen LogP contribution in [0.15, 0.2) is 23.1 Å². The van der Waals surface area contributed by atoms with Crippen LogP contribution in [0.5, 0.6) is 0 Å². The largest absolute Gasteiger partial charge is 0.326 e. The van der Waals surface area contributed by atoms with Crippen molar-refractivity contribution in [2.75, 3.05) is 25.0 Å². The highest BCUT2D eigenvalue weighted by molar-refractivity contribution is 7.89. The van der Waals surface area contributed by atoms with Gasteiger partial charge in [-0.1, -0.05) is 12.5 Å². The van der Waals surface area contributed by atoms with Gasteiger partial charge < -0.3 is 10.6 Å². The van der Waals surface area contributed by atoms with Gasteiger partial charge in [0.1, 0.15) is 0 Å². The summed E-state index contributed by atoms with van der Waals surface area (Å²) < 4.78 is 27.6. The van der Waals surface area contributed by atoms with Crippen LogP contribution in [-0.2, 0) is 14.8 Å². The summed E-state index contributed by atoms with van der Waals surface area (Å²) in [5.74, 6) is -0.0572. The molecule has 152 valence electrons. The van der Waals surface area contributed by atoms with E-state index in [-0.39, 0.29) is 24.2 Å². The van der Waals surface area contributed by atoms with E-state index in [1.165, 1.54) is 0 Å². The number of piperidine rings is 2. The minimum atomic E-state index is -3.51. The lowest BCUT2D eigenvalue weighted by molar-refractivity contribution is -0.120. The Hall–Kier alpha value is -1.15. The molecule has 1 aromatic rings. The van der Waals surface area contributed by atoms with Gasteiger partial charge in [0, 0.05) is 30.7 Å². The molecular weight excluding hydrogens is 386 g/mol. The minimum Gasteiger partial charge on any atom is -0.326 e. The zero-order valence-corrected chi connectivity index (χ0v) is 17.7. The lowest BCUT2D eigenvalue weighted by atomic mass is 9.92. The average Bonchev–Trinajstić information content (AvgIpc) is 2.64. The Morgan fingerprint density at radius 1 is 1.22 bits per heavy atom. The summed E-state index contributed by atoms with van der Waals surface area (Å²) >= 11 is 0. The second kappa shape index (κ2) is 9.37. The molecule has 1 aromatic carbocycles. The van der Waals surface area contributed by atoms with Crippen LogP contribution in [0.3, 0.4) is 0 Å². The first-order valence-electron chi connectivity index (χ1n) is 9.53. The van der Waals surface area contributed by atoms with Crippen LogP contribution in [0, 0.1) is 12.8 Å². The number of carbonyl (C=O) groups excluding carboxylic acids is 1. The van der Waals surface area contributed by atoms with Gasteiger partial charge in [0.15, 0.2) is 0 Å². The monoisotopic (exact) mass is 415 g/mol. The van der Waals surface area contributed by atoms with Crippen LogP contribution in [0.25, 0.3) is 0 Å². The number of nitrogens with one attached hydrogen (secondary N) is 2. The second-order valence-corrected chi connectivity index (χ2v) is 9.42. The highest BCUT2D eigenvalue weighted by Gasteiger charge is 2.28. The fourth-order valence-corrected chi connectivity index (χ4v) is 5.58. The van der Waals surface area contributed by atoms with Crippen LogP contribution in [0.1, 0.15) is 44.6 Å². The van der Waals surface area contributed by atoms with E-state index in [2.05, 4.69) is 17.6 Å². The minimum absolute atomic E-state index is 0. The Labute approximate surface area is 168 Å². The number of hydrogen-bond donors (Lipinski definition) is 2. The van der Waals surface area contributed by atoms with Crippen LogP contribution in [0.4, 0.5) is 5.69 Å². The number of benzene rings is 1. The van der Waals surface area contributed by atoms with E-state index in [1.807, 2.05) is 0 Å². The van der Waals surface area contributed by atoms with E-state index in [1.54, 1.807) is 29.4 Å². The third-order valence-electron chi connectivity index (χ3n) is 5.38. The number of aryl methyl sites for hydroxylation is 1. The van der Waals surface area contributed by atoms with Gasteiger partial charge in [-0.25, -0.2) is 8.42 Å². The Balaban J connectivity index is 0.00000261. The van der Waals surface area contributed by atoms with Crippen molar-refractivity contribution < 1.29 is 13.2 Å². The SMILES string of the molecule is Cc1ccc(NC(=O)[C@H]2CCN[C@@H](C)C2)cc1S(=O)(=O)N1CCCCC1.Cl. The molecule has 8 heteroatoms. The molecule has 2 N–H and O–H groups in total. The lowest BCUT2D eigenvalue weighted by Gasteiger charge is -2.28. The number of nitrogens with zero attached hydrogens (tertiary/aromatic N) is 1. The van der Waals surface area contributed by atoms with Crippen molar-refractivity contribution in [1.29, 1.82) is 0 Å². The van der Waals surface area contributed by atoms with E-state index >= 15 is 0 Å². The Morgan fingerprint density at radius 3 is 2.59 bits per heavy atom. The van der Waals surface area contributed by atoms with Crippen molar-refractivity contribution in [2.45, 2.75) is 56.9 Å². The van der Waals surface area contributed by atoms with Gasteiger partial charge in [-0.05, 0) is 63.8 Å². The molecule has 2 heterocycles. The third kappa shape index (κ3) is 5.22. The molecule has 0 unspecified atom stereocenters. The fraction of sp³-hybridized carbons (Fsp3) is 0.632. The third-order valence-corrected chi connectivity index (χ3v) is 7.42. The second-order valence-electron chi connectivity index (χ2n) is 7.51.